The number of anilines is 2. The van der Waals surface area contributed by atoms with E-state index in [1.54, 1.807) is 19.1 Å². The second kappa shape index (κ2) is 9.96. The first-order chi connectivity index (χ1) is 17.0. The van der Waals surface area contributed by atoms with Crippen molar-refractivity contribution >= 4 is 22.4 Å². The van der Waals surface area contributed by atoms with E-state index in [9.17, 15) is 17.6 Å². The van der Waals surface area contributed by atoms with Gasteiger partial charge in [-0.1, -0.05) is 0 Å². The van der Waals surface area contributed by atoms with E-state index in [0.29, 0.717) is 46.7 Å². The third-order valence-corrected chi connectivity index (χ3v) is 5.76. The normalized spacial score (nSPS) is 15.6. The molecule has 7 nitrogen and oxygen atoms in total. The van der Waals surface area contributed by atoms with Gasteiger partial charge in [0.1, 0.15) is 23.6 Å². The summed E-state index contributed by atoms with van der Waals surface area (Å²) in [5.74, 6) is 0.198. The van der Waals surface area contributed by atoms with Crippen LogP contribution in [-0.2, 0) is 10.9 Å². The molecule has 0 radical (unpaired) electrons. The van der Waals surface area contributed by atoms with Crippen LogP contribution in [0.5, 0.6) is 11.5 Å². The first-order valence-corrected chi connectivity index (χ1v) is 11.5. The number of fused-ring (bicyclic) bond motifs is 1. The third kappa shape index (κ3) is 5.72. The van der Waals surface area contributed by atoms with Crippen LogP contribution in [0.25, 0.3) is 10.9 Å². The number of nitrogens with zero attached hydrogens (tertiary/aromatic N) is 2. The Balaban J connectivity index is 1.69. The van der Waals surface area contributed by atoms with Gasteiger partial charge in [-0.3, -0.25) is 0 Å². The second-order valence-corrected chi connectivity index (χ2v) is 8.94. The summed E-state index contributed by atoms with van der Waals surface area (Å²) in [6.45, 7) is 5.49. The van der Waals surface area contributed by atoms with Crippen LogP contribution in [0.15, 0.2) is 24.3 Å². The molecule has 0 saturated heterocycles. The molecule has 194 valence electrons. The van der Waals surface area contributed by atoms with Crippen molar-refractivity contribution in [3.05, 3.63) is 47.0 Å². The minimum Gasteiger partial charge on any atom is -0.493 e. The summed E-state index contributed by atoms with van der Waals surface area (Å²) in [7, 11) is 1.51. The van der Waals surface area contributed by atoms with E-state index in [0.717, 1.165) is 12.8 Å². The van der Waals surface area contributed by atoms with Gasteiger partial charge in [-0.2, -0.15) is 13.2 Å². The van der Waals surface area contributed by atoms with Gasteiger partial charge in [-0.15, -0.1) is 0 Å². The lowest BCUT2D eigenvalue weighted by Gasteiger charge is -2.21. The Bertz CT molecular complexity index is 1260. The lowest BCUT2D eigenvalue weighted by Crippen LogP contribution is -2.20. The molecule has 0 spiro atoms. The zero-order valence-corrected chi connectivity index (χ0v) is 20.4. The second-order valence-electron chi connectivity index (χ2n) is 8.94. The molecule has 2 atom stereocenters. The summed E-state index contributed by atoms with van der Waals surface area (Å²) in [5, 5.41) is 3.55. The van der Waals surface area contributed by atoms with Crippen LogP contribution in [0.2, 0.25) is 0 Å². The maximum Gasteiger partial charge on any atom is 0.419 e. The summed E-state index contributed by atoms with van der Waals surface area (Å²) in [6, 6.07) is 4.24. The van der Waals surface area contributed by atoms with Crippen molar-refractivity contribution in [2.45, 2.75) is 58.0 Å². The highest BCUT2D eigenvalue weighted by atomic mass is 19.4. The van der Waals surface area contributed by atoms with Gasteiger partial charge in [0.05, 0.1) is 36.9 Å². The molecule has 1 heterocycles. The summed E-state index contributed by atoms with van der Waals surface area (Å²) in [6.07, 6.45) is -2.76. The molecule has 1 aliphatic rings. The largest absolute Gasteiger partial charge is 0.493 e. The molecule has 2 aromatic carbocycles. The van der Waals surface area contributed by atoms with E-state index in [2.05, 4.69) is 15.3 Å². The molecule has 0 unspecified atom stereocenters. The van der Waals surface area contributed by atoms with Crippen LogP contribution in [0.4, 0.5) is 29.1 Å². The van der Waals surface area contributed by atoms with Crippen LogP contribution in [0.1, 0.15) is 49.7 Å². The lowest BCUT2D eigenvalue weighted by molar-refractivity contribution is -0.140. The van der Waals surface area contributed by atoms with Gasteiger partial charge in [0, 0.05) is 22.7 Å². The zero-order chi connectivity index (χ0) is 26.2. The summed E-state index contributed by atoms with van der Waals surface area (Å²) in [4.78, 5) is 8.85. The number of aryl methyl sites for hydroxylation is 1. The van der Waals surface area contributed by atoms with Gasteiger partial charge in [0.15, 0.2) is 11.5 Å². The Hall–Kier alpha value is -3.34. The number of benzene rings is 2. The van der Waals surface area contributed by atoms with Crippen molar-refractivity contribution in [1.29, 1.82) is 0 Å². The van der Waals surface area contributed by atoms with E-state index in [1.165, 1.54) is 20.1 Å². The average molecular weight is 509 g/mol. The van der Waals surface area contributed by atoms with Crippen molar-refractivity contribution in [3.63, 3.8) is 0 Å². The van der Waals surface area contributed by atoms with Crippen LogP contribution < -0.4 is 20.5 Å². The molecule has 4 rings (SSSR count). The molecule has 11 heteroatoms. The summed E-state index contributed by atoms with van der Waals surface area (Å²) >= 11 is 0. The molecule has 36 heavy (non-hydrogen) atoms. The Kier molecular flexibility index (Phi) is 7.12. The smallest absolute Gasteiger partial charge is 0.419 e. The van der Waals surface area contributed by atoms with E-state index in [4.69, 9.17) is 19.9 Å². The van der Waals surface area contributed by atoms with Gasteiger partial charge in [-0.25, -0.2) is 14.4 Å². The Morgan fingerprint density at radius 1 is 1.11 bits per heavy atom. The molecule has 3 aromatic rings. The van der Waals surface area contributed by atoms with Crippen LogP contribution in [0.3, 0.4) is 0 Å². The molecule has 1 fully saturated rings. The van der Waals surface area contributed by atoms with Crippen molar-refractivity contribution < 1.29 is 31.8 Å². The first kappa shape index (κ1) is 25.7. The quantitative estimate of drug-likeness (QED) is 0.279. The number of nitrogen functional groups attached to an aromatic ring is 1. The molecule has 0 amide bonds. The predicted molar refractivity (Wildman–Crippen MR) is 128 cm³/mol. The number of rotatable bonds is 9. The standard InChI is InChI=1S/C25H28F4N4O3/c1-12(11-35-16-5-6-16)36-22-9-18-20(10-21(22)34-4)32-14(3)33-24(18)31-13(2)17-7-15(30)8-19(23(17)26)25(27,28)29/h7-10,12-13,16H,5-6,11,30H2,1-4H3,(H,31,32,33)/t12-,13+/m0/s1. The maximum atomic E-state index is 14.8. The Labute approximate surface area is 206 Å². The highest BCUT2D eigenvalue weighted by molar-refractivity contribution is 5.92. The van der Waals surface area contributed by atoms with E-state index in [-0.39, 0.29) is 23.5 Å². The van der Waals surface area contributed by atoms with Crippen molar-refractivity contribution in [1.82, 2.24) is 9.97 Å². The van der Waals surface area contributed by atoms with Crippen molar-refractivity contribution in [2.24, 2.45) is 0 Å². The fourth-order valence-corrected chi connectivity index (χ4v) is 3.85. The van der Waals surface area contributed by atoms with Crippen molar-refractivity contribution in [3.8, 4) is 11.5 Å². The number of nitrogens with two attached hydrogens (primary N) is 1. The fourth-order valence-electron chi connectivity index (χ4n) is 3.85. The number of nitrogens with one attached hydrogen (secondary N) is 1. The molecule has 1 aliphatic carbocycles. The number of aromatic nitrogens is 2. The van der Waals surface area contributed by atoms with Crippen molar-refractivity contribution in [2.75, 3.05) is 24.8 Å². The van der Waals surface area contributed by atoms with E-state index >= 15 is 0 Å². The average Bonchev–Trinajstić information content (AvgIpc) is 3.62. The summed E-state index contributed by atoms with van der Waals surface area (Å²) < 4.78 is 72.0. The first-order valence-electron chi connectivity index (χ1n) is 11.5. The zero-order valence-electron chi connectivity index (χ0n) is 20.4. The van der Waals surface area contributed by atoms with Crippen LogP contribution in [0, 0.1) is 12.7 Å². The van der Waals surface area contributed by atoms with Gasteiger partial charge in [0.25, 0.3) is 0 Å². The Morgan fingerprint density at radius 3 is 2.47 bits per heavy atom. The highest BCUT2D eigenvalue weighted by Crippen LogP contribution is 2.38. The summed E-state index contributed by atoms with van der Waals surface area (Å²) in [5.41, 5.74) is 4.33. The molecule has 3 N–H and O–H groups in total. The Morgan fingerprint density at radius 2 is 1.83 bits per heavy atom. The molecule has 0 aliphatic heterocycles. The number of hydrogen-bond acceptors (Lipinski definition) is 7. The molecular formula is C25H28F4N4O3. The minimum atomic E-state index is -4.88. The number of ether oxygens (including phenoxy) is 3. The van der Waals surface area contributed by atoms with E-state index in [1.807, 2.05) is 6.92 Å². The fraction of sp³-hybridized carbons (Fsp3) is 0.440. The monoisotopic (exact) mass is 508 g/mol. The van der Waals surface area contributed by atoms with Gasteiger partial charge >= 0.3 is 6.18 Å². The molecule has 1 aromatic heterocycles. The number of hydrogen-bond donors (Lipinski definition) is 2. The predicted octanol–water partition coefficient (Wildman–Crippen LogP) is 5.81. The van der Waals surface area contributed by atoms with Crippen LogP contribution in [-0.4, -0.2) is 35.9 Å². The topological polar surface area (TPSA) is 91.5 Å². The van der Waals surface area contributed by atoms with E-state index < -0.39 is 23.6 Å². The van der Waals surface area contributed by atoms with Gasteiger partial charge < -0.3 is 25.3 Å². The minimum absolute atomic E-state index is 0.195. The van der Waals surface area contributed by atoms with Gasteiger partial charge in [-0.05, 0) is 51.8 Å². The third-order valence-electron chi connectivity index (χ3n) is 5.76. The number of alkyl halides is 3. The molecular weight excluding hydrogens is 480 g/mol. The maximum absolute atomic E-state index is 14.8. The number of halogens is 4. The lowest BCUT2D eigenvalue weighted by atomic mass is 10.0. The van der Waals surface area contributed by atoms with Crippen LogP contribution >= 0.6 is 0 Å². The van der Waals surface area contributed by atoms with Gasteiger partial charge in [0.2, 0.25) is 0 Å². The number of methoxy groups -OCH3 is 1. The molecule has 1 saturated carbocycles. The SMILES string of the molecule is COc1cc2nc(C)nc(N[C@H](C)c3cc(N)cc(C(F)(F)F)c3F)c2cc1O[C@@H](C)COC1CC1. The highest BCUT2D eigenvalue weighted by Gasteiger charge is 2.36. The molecule has 0 bridgehead atoms.